The molecular formula is C13H17IO2. The Hall–Kier alpha value is -0.420. The third kappa shape index (κ3) is 3.87. The molecule has 0 saturated carbocycles. The van der Waals surface area contributed by atoms with Crippen LogP contribution in [0, 0.1) is 9.49 Å². The summed E-state index contributed by atoms with van der Waals surface area (Å²) in [6.07, 6.45) is 0.160. The van der Waals surface area contributed by atoms with E-state index in [9.17, 15) is 4.79 Å². The third-order valence-corrected chi connectivity index (χ3v) is 3.19. The molecule has 1 unspecified atom stereocenters. The van der Waals surface area contributed by atoms with Crippen LogP contribution in [0.15, 0.2) is 24.3 Å². The normalized spacial score (nSPS) is 12.8. The minimum Gasteiger partial charge on any atom is -0.373 e. The average molecular weight is 332 g/mol. The molecule has 88 valence electrons. The average Bonchev–Trinajstić information content (AvgIpc) is 2.22. The molecule has 3 heteroatoms. The summed E-state index contributed by atoms with van der Waals surface area (Å²) in [6, 6.07) is 8.01. The molecule has 0 bridgehead atoms. The van der Waals surface area contributed by atoms with Crippen molar-refractivity contribution in [2.45, 2.75) is 26.4 Å². The smallest absolute Gasteiger partial charge is 0.166 e. The second-order valence-electron chi connectivity index (χ2n) is 4.17. The quantitative estimate of drug-likeness (QED) is 0.775. The van der Waals surface area contributed by atoms with Gasteiger partial charge in [0, 0.05) is 17.1 Å². The van der Waals surface area contributed by atoms with Crippen molar-refractivity contribution in [2.75, 3.05) is 7.11 Å². The molecule has 0 N–H and O–H groups in total. The number of hydrogen-bond acceptors (Lipinski definition) is 2. The first-order chi connectivity index (χ1) is 7.54. The van der Waals surface area contributed by atoms with Gasteiger partial charge in [-0.25, -0.2) is 0 Å². The number of benzene rings is 1. The molecule has 1 atom stereocenters. The van der Waals surface area contributed by atoms with Crippen LogP contribution in [-0.4, -0.2) is 19.0 Å². The summed E-state index contributed by atoms with van der Waals surface area (Å²) < 4.78 is 6.40. The number of ether oxygens (including phenoxy) is 1. The van der Waals surface area contributed by atoms with Gasteiger partial charge in [0.2, 0.25) is 0 Å². The van der Waals surface area contributed by atoms with Gasteiger partial charge in [-0.1, -0.05) is 26.0 Å². The summed E-state index contributed by atoms with van der Waals surface area (Å²) >= 11 is 2.25. The van der Waals surface area contributed by atoms with E-state index in [1.54, 1.807) is 7.11 Å². The fourth-order valence-electron chi connectivity index (χ4n) is 1.68. The second kappa shape index (κ2) is 6.35. The summed E-state index contributed by atoms with van der Waals surface area (Å²) in [5.74, 6) is 0.375. The topological polar surface area (TPSA) is 26.3 Å². The number of hydrogen-bond donors (Lipinski definition) is 0. The van der Waals surface area contributed by atoms with Gasteiger partial charge in [-0.2, -0.15) is 0 Å². The Bertz CT molecular complexity index is 343. The first-order valence-electron chi connectivity index (χ1n) is 5.34. The number of carbonyl (C=O) groups is 1. The van der Waals surface area contributed by atoms with Crippen LogP contribution >= 0.6 is 22.6 Å². The molecule has 0 saturated heterocycles. The fourth-order valence-corrected chi connectivity index (χ4v) is 2.04. The van der Waals surface area contributed by atoms with Crippen molar-refractivity contribution in [3.05, 3.63) is 33.4 Å². The van der Waals surface area contributed by atoms with Gasteiger partial charge >= 0.3 is 0 Å². The highest BCUT2D eigenvalue weighted by Gasteiger charge is 2.21. The van der Waals surface area contributed by atoms with Crippen LogP contribution in [0.2, 0.25) is 0 Å². The van der Waals surface area contributed by atoms with Gasteiger partial charge in [-0.3, -0.25) is 4.79 Å². The molecule has 0 aliphatic heterocycles. The Kier molecular flexibility index (Phi) is 5.41. The van der Waals surface area contributed by atoms with Crippen LogP contribution < -0.4 is 0 Å². The molecule has 16 heavy (non-hydrogen) atoms. The number of carbonyl (C=O) groups excluding carboxylic acids is 1. The SMILES string of the molecule is COC(C(=O)Cc1ccc(I)cc1)C(C)C. The lowest BCUT2D eigenvalue weighted by Crippen LogP contribution is -2.29. The molecule has 0 radical (unpaired) electrons. The first-order valence-corrected chi connectivity index (χ1v) is 6.42. The maximum atomic E-state index is 11.9. The predicted octanol–water partition coefficient (Wildman–Crippen LogP) is 3.07. The zero-order chi connectivity index (χ0) is 12.1. The standard InChI is InChI=1S/C13H17IO2/c1-9(2)13(16-3)12(15)8-10-4-6-11(14)7-5-10/h4-7,9,13H,8H2,1-3H3. The van der Waals surface area contributed by atoms with E-state index in [1.165, 1.54) is 3.57 Å². The van der Waals surface area contributed by atoms with Crippen LogP contribution in [0.3, 0.4) is 0 Å². The molecule has 1 rings (SSSR count). The molecule has 0 aliphatic rings. The van der Waals surface area contributed by atoms with E-state index < -0.39 is 0 Å². The number of ketones is 1. The van der Waals surface area contributed by atoms with E-state index in [0.29, 0.717) is 6.42 Å². The van der Waals surface area contributed by atoms with Gasteiger partial charge in [0.15, 0.2) is 5.78 Å². The highest BCUT2D eigenvalue weighted by atomic mass is 127. The lowest BCUT2D eigenvalue weighted by molar-refractivity contribution is -0.130. The van der Waals surface area contributed by atoms with Crippen LogP contribution in [0.1, 0.15) is 19.4 Å². The molecule has 0 aliphatic carbocycles. The number of halogens is 1. The Balaban J connectivity index is 2.66. The molecule has 1 aromatic rings. The summed E-state index contributed by atoms with van der Waals surface area (Å²) in [5, 5.41) is 0. The van der Waals surface area contributed by atoms with Crippen LogP contribution in [0.5, 0.6) is 0 Å². The van der Waals surface area contributed by atoms with Gasteiger partial charge in [0.05, 0.1) is 0 Å². The Labute approximate surface area is 111 Å². The highest BCUT2D eigenvalue weighted by Crippen LogP contribution is 2.12. The number of rotatable bonds is 5. The summed E-state index contributed by atoms with van der Waals surface area (Å²) in [6.45, 7) is 4.00. The van der Waals surface area contributed by atoms with E-state index in [1.807, 2.05) is 38.1 Å². The molecular weight excluding hydrogens is 315 g/mol. The van der Waals surface area contributed by atoms with E-state index in [4.69, 9.17) is 4.74 Å². The minimum absolute atomic E-state index is 0.152. The minimum atomic E-state index is -0.292. The van der Waals surface area contributed by atoms with Crippen LogP contribution in [0.4, 0.5) is 0 Å². The molecule has 2 nitrogen and oxygen atoms in total. The maximum absolute atomic E-state index is 11.9. The first kappa shape index (κ1) is 13.6. The maximum Gasteiger partial charge on any atom is 0.166 e. The molecule has 1 aromatic carbocycles. The van der Waals surface area contributed by atoms with Gasteiger partial charge in [0.1, 0.15) is 6.10 Å². The molecule has 0 aromatic heterocycles. The predicted molar refractivity (Wildman–Crippen MR) is 73.5 cm³/mol. The van der Waals surface area contributed by atoms with Crippen molar-refractivity contribution >= 4 is 28.4 Å². The monoisotopic (exact) mass is 332 g/mol. The largest absolute Gasteiger partial charge is 0.373 e. The van der Waals surface area contributed by atoms with Crippen molar-refractivity contribution in [1.82, 2.24) is 0 Å². The van der Waals surface area contributed by atoms with Crippen LogP contribution in [-0.2, 0) is 16.0 Å². The van der Waals surface area contributed by atoms with Gasteiger partial charge in [-0.05, 0) is 46.2 Å². The van der Waals surface area contributed by atoms with E-state index >= 15 is 0 Å². The summed E-state index contributed by atoms with van der Waals surface area (Å²) in [7, 11) is 1.59. The summed E-state index contributed by atoms with van der Waals surface area (Å²) in [4.78, 5) is 11.9. The van der Waals surface area contributed by atoms with Crippen molar-refractivity contribution in [1.29, 1.82) is 0 Å². The lowest BCUT2D eigenvalue weighted by atomic mass is 9.98. The number of methoxy groups -OCH3 is 1. The Morgan fingerprint density at radius 1 is 1.31 bits per heavy atom. The molecule has 0 spiro atoms. The van der Waals surface area contributed by atoms with E-state index in [-0.39, 0.29) is 17.8 Å². The van der Waals surface area contributed by atoms with Crippen molar-refractivity contribution < 1.29 is 9.53 Å². The van der Waals surface area contributed by atoms with Crippen molar-refractivity contribution in [3.63, 3.8) is 0 Å². The third-order valence-electron chi connectivity index (χ3n) is 2.47. The number of Topliss-reactive ketones (excluding diaryl/α,β-unsaturated/α-hetero) is 1. The van der Waals surface area contributed by atoms with Crippen molar-refractivity contribution in [2.24, 2.45) is 5.92 Å². The van der Waals surface area contributed by atoms with Crippen molar-refractivity contribution in [3.8, 4) is 0 Å². The summed E-state index contributed by atoms with van der Waals surface area (Å²) in [5.41, 5.74) is 1.05. The Morgan fingerprint density at radius 3 is 2.31 bits per heavy atom. The fraction of sp³-hybridized carbons (Fsp3) is 0.462. The van der Waals surface area contributed by atoms with Gasteiger partial charge < -0.3 is 4.74 Å². The molecule has 0 amide bonds. The molecule has 0 heterocycles. The second-order valence-corrected chi connectivity index (χ2v) is 5.42. The zero-order valence-corrected chi connectivity index (χ0v) is 12.0. The molecule has 0 fully saturated rings. The van der Waals surface area contributed by atoms with E-state index in [0.717, 1.165) is 5.56 Å². The van der Waals surface area contributed by atoms with Gasteiger partial charge in [-0.15, -0.1) is 0 Å². The van der Waals surface area contributed by atoms with E-state index in [2.05, 4.69) is 22.6 Å². The van der Waals surface area contributed by atoms with Crippen LogP contribution in [0.25, 0.3) is 0 Å². The lowest BCUT2D eigenvalue weighted by Gasteiger charge is -2.17. The van der Waals surface area contributed by atoms with Gasteiger partial charge in [0.25, 0.3) is 0 Å². The zero-order valence-electron chi connectivity index (χ0n) is 9.87. The Morgan fingerprint density at radius 2 is 1.88 bits per heavy atom. The highest BCUT2D eigenvalue weighted by molar-refractivity contribution is 14.1.